The highest BCUT2D eigenvalue weighted by Gasteiger charge is 2.34. The first-order valence-electron chi connectivity index (χ1n) is 8.39. The average molecular weight is 470 g/mol. The molecule has 0 spiro atoms. The van der Waals surface area contributed by atoms with E-state index in [0.717, 1.165) is 21.9 Å². The van der Waals surface area contributed by atoms with Gasteiger partial charge in [0.05, 0.1) is 24.2 Å². The lowest BCUT2D eigenvalue weighted by molar-refractivity contribution is 0.0602. The van der Waals surface area contributed by atoms with Crippen LogP contribution in [0.5, 0.6) is 0 Å². The molecule has 0 saturated carbocycles. The van der Waals surface area contributed by atoms with Gasteiger partial charge in [-0.15, -0.1) is 34.0 Å². The largest absolute Gasteiger partial charge is 0.465 e. The molecule has 0 radical (unpaired) electrons. The van der Waals surface area contributed by atoms with Gasteiger partial charge >= 0.3 is 5.97 Å². The fourth-order valence-electron chi connectivity index (χ4n) is 2.88. The number of ether oxygens (including phenoxy) is 1. The topological polar surface area (TPSA) is 106 Å². The Hall–Kier alpha value is -2.12. The average Bonchev–Trinajstić information content (AvgIpc) is 3.46. The fraction of sp³-hybridized carbons (Fsp3) is 0.235. The van der Waals surface area contributed by atoms with Gasteiger partial charge in [0.25, 0.3) is 5.91 Å². The van der Waals surface area contributed by atoms with Gasteiger partial charge in [0.15, 0.2) is 5.13 Å². The predicted octanol–water partition coefficient (Wildman–Crippen LogP) is 3.05. The van der Waals surface area contributed by atoms with Crippen LogP contribution in [0.25, 0.3) is 0 Å². The molecule has 0 saturated heterocycles. The molecule has 8 nitrogen and oxygen atoms in total. The third-order valence-corrected chi connectivity index (χ3v) is 9.06. The van der Waals surface area contributed by atoms with Crippen LogP contribution in [-0.4, -0.2) is 43.2 Å². The molecule has 4 rings (SSSR count). The molecule has 29 heavy (non-hydrogen) atoms. The van der Waals surface area contributed by atoms with E-state index in [1.54, 1.807) is 17.5 Å². The monoisotopic (exact) mass is 469 g/mol. The molecule has 1 aliphatic heterocycles. The van der Waals surface area contributed by atoms with Crippen molar-refractivity contribution < 1.29 is 22.7 Å². The molecular weight excluding hydrogens is 454 g/mol. The summed E-state index contributed by atoms with van der Waals surface area (Å²) in [6.07, 6.45) is 0.428. The van der Waals surface area contributed by atoms with Gasteiger partial charge in [-0.25, -0.2) is 18.2 Å². The summed E-state index contributed by atoms with van der Waals surface area (Å²) in [6.45, 7) is 0.383. The van der Waals surface area contributed by atoms with E-state index >= 15 is 0 Å². The van der Waals surface area contributed by atoms with E-state index in [4.69, 9.17) is 0 Å². The summed E-state index contributed by atoms with van der Waals surface area (Å²) in [5.41, 5.74) is 0.779. The number of amides is 1. The second-order valence-electron chi connectivity index (χ2n) is 6.01. The number of nitrogens with one attached hydrogen (secondary N) is 1. The summed E-state index contributed by atoms with van der Waals surface area (Å²) in [6, 6.07) is 4.94. The molecule has 4 heterocycles. The number of methoxy groups -OCH3 is 1. The summed E-state index contributed by atoms with van der Waals surface area (Å²) < 4.78 is 32.2. The van der Waals surface area contributed by atoms with Crippen molar-refractivity contribution in [2.45, 2.75) is 17.9 Å². The van der Waals surface area contributed by atoms with Crippen LogP contribution in [0.1, 0.15) is 29.9 Å². The number of carbonyl (C=O) groups is 2. The Kier molecular flexibility index (Phi) is 5.53. The summed E-state index contributed by atoms with van der Waals surface area (Å²) in [5.74, 6) is -0.913. The van der Waals surface area contributed by atoms with Crippen LogP contribution in [0.15, 0.2) is 33.9 Å². The number of rotatable bonds is 5. The molecule has 0 bridgehead atoms. The van der Waals surface area contributed by atoms with Crippen LogP contribution in [0.2, 0.25) is 0 Å². The van der Waals surface area contributed by atoms with Crippen molar-refractivity contribution in [2.24, 2.45) is 0 Å². The van der Waals surface area contributed by atoms with E-state index in [1.807, 2.05) is 5.38 Å². The first-order valence-corrected chi connectivity index (χ1v) is 12.4. The van der Waals surface area contributed by atoms with E-state index in [9.17, 15) is 18.0 Å². The molecule has 0 aliphatic carbocycles. The van der Waals surface area contributed by atoms with Gasteiger partial charge < -0.3 is 4.74 Å². The number of carbonyl (C=O) groups excluding carboxylic acids is 2. The number of hydrogen-bond donors (Lipinski definition) is 1. The highest BCUT2D eigenvalue weighted by atomic mass is 32.2. The predicted molar refractivity (Wildman–Crippen MR) is 111 cm³/mol. The Balaban J connectivity index is 1.54. The maximum absolute atomic E-state index is 13.1. The summed E-state index contributed by atoms with van der Waals surface area (Å²) in [4.78, 5) is 29.9. The number of hydrogen-bond acceptors (Lipinski definition) is 9. The number of sulfonamides is 1. The van der Waals surface area contributed by atoms with E-state index < -0.39 is 16.0 Å². The Bertz CT molecular complexity index is 1160. The maximum Gasteiger partial charge on any atom is 0.349 e. The molecule has 1 amide bonds. The molecule has 0 aromatic carbocycles. The molecular formula is C17H15N3O5S4. The van der Waals surface area contributed by atoms with Crippen molar-refractivity contribution in [1.82, 2.24) is 9.29 Å². The van der Waals surface area contributed by atoms with Gasteiger partial charge in [-0.1, -0.05) is 6.07 Å². The summed E-state index contributed by atoms with van der Waals surface area (Å²) in [5, 5.41) is 6.58. The van der Waals surface area contributed by atoms with Crippen molar-refractivity contribution >= 4 is 61.0 Å². The normalized spacial score (nSPS) is 14.4. The Morgan fingerprint density at radius 1 is 1.24 bits per heavy atom. The molecule has 0 atom stereocenters. The van der Waals surface area contributed by atoms with Crippen molar-refractivity contribution in [1.29, 1.82) is 0 Å². The minimum absolute atomic E-state index is 0.0477. The highest BCUT2D eigenvalue weighted by Crippen LogP contribution is 2.33. The molecule has 152 valence electrons. The van der Waals surface area contributed by atoms with Crippen molar-refractivity contribution in [2.75, 3.05) is 19.0 Å². The highest BCUT2D eigenvalue weighted by molar-refractivity contribution is 7.89. The molecule has 0 unspecified atom stereocenters. The first kappa shape index (κ1) is 20.2. The lowest BCUT2D eigenvalue weighted by Gasteiger charge is -2.25. The minimum atomic E-state index is -3.86. The standard InChI is InChI=1S/C17H15N3O5S4/c1-25-16(22)14-13(5-8-27-14)29(23,24)20-6-4-10-12(9-20)28-17(18-10)19-15(21)11-3-2-7-26-11/h2-3,5,7-8H,4,6,9H2,1H3,(H,18,19,21). The number of thiazole rings is 1. The quantitative estimate of drug-likeness (QED) is 0.576. The Morgan fingerprint density at radius 2 is 2.07 bits per heavy atom. The van der Waals surface area contributed by atoms with Gasteiger partial charge in [0.2, 0.25) is 10.0 Å². The number of anilines is 1. The Morgan fingerprint density at radius 3 is 2.79 bits per heavy atom. The Labute approximate surface area is 178 Å². The minimum Gasteiger partial charge on any atom is -0.465 e. The first-order chi connectivity index (χ1) is 13.9. The maximum atomic E-state index is 13.1. The van der Waals surface area contributed by atoms with Crippen LogP contribution in [-0.2, 0) is 27.7 Å². The van der Waals surface area contributed by atoms with E-state index in [0.29, 0.717) is 16.4 Å². The van der Waals surface area contributed by atoms with Gasteiger partial charge in [0.1, 0.15) is 9.77 Å². The summed E-state index contributed by atoms with van der Waals surface area (Å²) >= 11 is 3.62. The van der Waals surface area contributed by atoms with Gasteiger partial charge in [-0.3, -0.25) is 10.1 Å². The molecule has 1 aliphatic rings. The molecule has 0 fully saturated rings. The van der Waals surface area contributed by atoms with E-state index in [1.165, 1.54) is 40.2 Å². The zero-order valence-electron chi connectivity index (χ0n) is 15.1. The number of thiophene rings is 2. The SMILES string of the molecule is COC(=O)c1sccc1S(=O)(=O)N1CCc2nc(NC(=O)c3cccs3)sc2C1. The van der Waals surface area contributed by atoms with Gasteiger partial charge in [0, 0.05) is 17.8 Å². The van der Waals surface area contributed by atoms with Gasteiger partial charge in [-0.2, -0.15) is 4.31 Å². The molecule has 12 heteroatoms. The van der Waals surface area contributed by atoms with Crippen LogP contribution < -0.4 is 5.32 Å². The third-order valence-electron chi connectivity index (χ3n) is 4.28. The zero-order chi connectivity index (χ0) is 20.6. The van der Waals surface area contributed by atoms with Crippen LogP contribution in [0.3, 0.4) is 0 Å². The van der Waals surface area contributed by atoms with Crippen molar-refractivity contribution in [3.63, 3.8) is 0 Å². The number of nitrogens with zero attached hydrogens (tertiary/aromatic N) is 2. The van der Waals surface area contributed by atoms with Crippen molar-refractivity contribution in [3.05, 3.63) is 49.3 Å². The fourth-order valence-corrected chi connectivity index (χ4v) is 7.31. The third kappa shape index (κ3) is 3.85. The zero-order valence-corrected chi connectivity index (χ0v) is 18.3. The van der Waals surface area contributed by atoms with Crippen LogP contribution in [0, 0.1) is 0 Å². The lowest BCUT2D eigenvalue weighted by atomic mass is 10.2. The second-order valence-corrected chi connectivity index (χ2v) is 10.9. The van der Waals surface area contributed by atoms with Crippen LogP contribution >= 0.6 is 34.0 Å². The summed E-state index contributed by atoms with van der Waals surface area (Å²) in [7, 11) is -2.64. The lowest BCUT2D eigenvalue weighted by Crippen LogP contribution is -2.36. The number of fused-ring (bicyclic) bond motifs is 1. The van der Waals surface area contributed by atoms with Crippen LogP contribution in [0.4, 0.5) is 5.13 Å². The number of aromatic nitrogens is 1. The van der Waals surface area contributed by atoms with Crippen molar-refractivity contribution in [3.8, 4) is 0 Å². The smallest absolute Gasteiger partial charge is 0.349 e. The second kappa shape index (κ2) is 7.95. The number of esters is 1. The molecule has 3 aromatic rings. The molecule has 3 aromatic heterocycles. The molecule has 1 N–H and O–H groups in total. The van der Waals surface area contributed by atoms with Gasteiger partial charge in [-0.05, 0) is 22.9 Å². The van der Waals surface area contributed by atoms with E-state index in [2.05, 4.69) is 15.0 Å². The van der Waals surface area contributed by atoms with E-state index in [-0.39, 0.29) is 28.8 Å².